The van der Waals surface area contributed by atoms with Crippen LogP contribution in [-0.2, 0) is 0 Å². The highest BCUT2D eigenvalue weighted by molar-refractivity contribution is 7.99. The van der Waals surface area contributed by atoms with Gasteiger partial charge in [-0.1, -0.05) is 59.8 Å². The fraction of sp³-hybridized carbons (Fsp3) is 0.158. The molecule has 0 aromatic heterocycles. The largest absolute Gasteiger partial charge is 0.0955 e. The number of benzene rings is 2. The normalized spacial score (nSPS) is 10.3. The van der Waals surface area contributed by atoms with Gasteiger partial charge in [-0.05, 0) is 56.2 Å². The summed E-state index contributed by atoms with van der Waals surface area (Å²) < 4.78 is 0. The smallest absolute Gasteiger partial charge is 0.0128 e. The fourth-order valence-electron chi connectivity index (χ4n) is 2.13. The van der Waals surface area contributed by atoms with E-state index in [0.29, 0.717) is 0 Å². The van der Waals surface area contributed by atoms with Crippen molar-refractivity contribution in [2.75, 3.05) is 0 Å². The van der Waals surface area contributed by atoms with Crippen molar-refractivity contribution in [1.29, 1.82) is 0 Å². The van der Waals surface area contributed by atoms with Crippen LogP contribution in [0.2, 0.25) is 0 Å². The summed E-state index contributed by atoms with van der Waals surface area (Å²) in [7, 11) is 0. The van der Waals surface area contributed by atoms with Gasteiger partial charge in [0, 0.05) is 9.79 Å². The lowest BCUT2D eigenvalue weighted by atomic mass is 9.98. The van der Waals surface area contributed by atoms with Crippen molar-refractivity contribution in [1.82, 2.24) is 0 Å². The topological polar surface area (TPSA) is 0 Å². The highest BCUT2D eigenvalue weighted by Crippen LogP contribution is 2.33. The molecule has 102 valence electrons. The van der Waals surface area contributed by atoms with Gasteiger partial charge in [0.25, 0.3) is 0 Å². The second-order valence-corrected chi connectivity index (χ2v) is 6.33. The summed E-state index contributed by atoms with van der Waals surface area (Å²) in [4.78, 5) is 2.50. The maximum absolute atomic E-state index is 4.08. The first-order chi connectivity index (χ1) is 9.47. The second-order valence-electron chi connectivity index (χ2n) is 5.19. The molecule has 0 amide bonds. The number of hydrogen-bond donors (Lipinski definition) is 0. The lowest BCUT2D eigenvalue weighted by Gasteiger charge is -2.12. The van der Waals surface area contributed by atoms with E-state index >= 15 is 0 Å². The summed E-state index contributed by atoms with van der Waals surface area (Å²) in [6.45, 7) is 14.3. The third-order valence-electron chi connectivity index (χ3n) is 3.14. The molecule has 0 spiro atoms. The summed E-state index contributed by atoms with van der Waals surface area (Å²) >= 11 is 1.78. The summed E-state index contributed by atoms with van der Waals surface area (Å²) in [6.07, 6.45) is 0. The Kier molecular flexibility index (Phi) is 4.51. The van der Waals surface area contributed by atoms with E-state index < -0.39 is 0 Å². The van der Waals surface area contributed by atoms with Crippen LogP contribution in [0.25, 0.3) is 11.1 Å². The number of aryl methyl sites for hydroxylation is 1. The van der Waals surface area contributed by atoms with Gasteiger partial charge in [0.2, 0.25) is 0 Å². The lowest BCUT2D eigenvalue weighted by molar-refractivity contribution is 1.33. The molecule has 0 bridgehead atoms. The van der Waals surface area contributed by atoms with Crippen molar-refractivity contribution in [3.8, 4) is 0 Å². The molecule has 0 aliphatic carbocycles. The van der Waals surface area contributed by atoms with Gasteiger partial charge >= 0.3 is 0 Å². The molecule has 0 heterocycles. The zero-order chi connectivity index (χ0) is 14.7. The van der Waals surface area contributed by atoms with Crippen LogP contribution < -0.4 is 0 Å². The number of rotatable bonds is 4. The van der Waals surface area contributed by atoms with Crippen LogP contribution in [0.1, 0.15) is 30.5 Å². The van der Waals surface area contributed by atoms with E-state index in [-0.39, 0.29) is 0 Å². The molecular weight excluding hydrogens is 260 g/mol. The molecule has 0 nitrogen and oxygen atoms in total. The van der Waals surface area contributed by atoms with E-state index in [9.17, 15) is 0 Å². The molecule has 2 rings (SSSR count). The summed E-state index contributed by atoms with van der Waals surface area (Å²) in [6, 6.07) is 15.1. The molecule has 20 heavy (non-hydrogen) atoms. The molecular formula is C19H20S. The molecule has 2 aromatic carbocycles. The van der Waals surface area contributed by atoms with Crippen molar-refractivity contribution < 1.29 is 0 Å². The van der Waals surface area contributed by atoms with Crippen LogP contribution >= 0.6 is 11.8 Å². The van der Waals surface area contributed by atoms with Crippen LogP contribution in [0.4, 0.5) is 0 Å². The second kappa shape index (κ2) is 6.15. The predicted molar refractivity (Wildman–Crippen MR) is 91.2 cm³/mol. The molecule has 0 radical (unpaired) electrons. The first kappa shape index (κ1) is 14.7. The molecule has 0 aliphatic heterocycles. The Labute approximate surface area is 126 Å². The van der Waals surface area contributed by atoms with E-state index in [0.717, 1.165) is 11.1 Å². The Morgan fingerprint density at radius 2 is 1.50 bits per heavy atom. The van der Waals surface area contributed by atoms with Crippen molar-refractivity contribution in [2.45, 2.75) is 30.6 Å². The Bertz CT molecular complexity index is 665. The molecule has 0 unspecified atom stereocenters. The van der Waals surface area contributed by atoms with Crippen LogP contribution in [0.3, 0.4) is 0 Å². The van der Waals surface area contributed by atoms with Gasteiger partial charge in [0.05, 0.1) is 0 Å². The highest BCUT2D eigenvalue weighted by Gasteiger charge is 2.06. The van der Waals surface area contributed by atoms with Crippen molar-refractivity contribution in [2.24, 2.45) is 0 Å². The van der Waals surface area contributed by atoms with Crippen molar-refractivity contribution in [3.05, 3.63) is 72.3 Å². The molecule has 0 atom stereocenters. The number of allylic oxidation sites excluding steroid dienone is 2. The summed E-state index contributed by atoms with van der Waals surface area (Å²) in [5.74, 6) is 0. The van der Waals surface area contributed by atoms with E-state index in [1.165, 1.54) is 26.5 Å². The zero-order valence-corrected chi connectivity index (χ0v) is 13.2. The summed E-state index contributed by atoms with van der Waals surface area (Å²) in [5, 5.41) is 0. The van der Waals surface area contributed by atoms with Crippen molar-refractivity contribution in [3.63, 3.8) is 0 Å². The van der Waals surface area contributed by atoms with Gasteiger partial charge < -0.3 is 0 Å². The van der Waals surface area contributed by atoms with Gasteiger partial charge in [0.1, 0.15) is 0 Å². The minimum absolute atomic E-state index is 1.08. The SMILES string of the molecule is C=C(C)c1ccc(Sc2cccc(C)c2)cc1C(=C)C. The Hall–Kier alpha value is -1.73. The molecule has 0 saturated carbocycles. The number of hydrogen-bond acceptors (Lipinski definition) is 1. The summed E-state index contributed by atoms with van der Waals surface area (Å²) in [5.41, 5.74) is 5.82. The van der Waals surface area contributed by atoms with E-state index in [2.05, 4.69) is 62.5 Å². The zero-order valence-electron chi connectivity index (χ0n) is 12.4. The maximum Gasteiger partial charge on any atom is 0.0128 e. The quantitative estimate of drug-likeness (QED) is 0.641. The lowest BCUT2D eigenvalue weighted by Crippen LogP contribution is -1.89. The van der Waals surface area contributed by atoms with E-state index in [4.69, 9.17) is 0 Å². The standard InChI is InChI=1S/C19H20S/c1-13(2)18-10-9-17(12-19(18)14(3)4)20-16-8-6-7-15(5)11-16/h6-12H,1,3H2,2,4-5H3. The van der Waals surface area contributed by atoms with Gasteiger partial charge in [-0.25, -0.2) is 0 Å². The average molecular weight is 280 g/mol. The predicted octanol–water partition coefficient (Wildman–Crippen LogP) is 6.21. The molecule has 1 heteroatoms. The van der Waals surface area contributed by atoms with Crippen LogP contribution in [0.5, 0.6) is 0 Å². The highest BCUT2D eigenvalue weighted by atomic mass is 32.2. The van der Waals surface area contributed by atoms with Crippen LogP contribution in [0.15, 0.2) is 65.4 Å². The Morgan fingerprint density at radius 1 is 0.850 bits per heavy atom. The Balaban J connectivity index is 2.36. The van der Waals surface area contributed by atoms with Crippen LogP contribution in [-0.4, -0.2) is 0 Å². The third-order valence-corrected chi connectivity index (χ3v) is 4.12. The third kappa shape index (κ3) is 3.43. The fourth-order valence-corrected chi connectivity index (χ4v) is 3.10. The van der Waals surface area contributed by atoms with E-state index in [1.807, 2.05) is 13.8 Å². The Morgan fingerprint density at radius 3 is 2.10 bits per heavy atom. The molecule has 2 aromatic rings. The minimum Gasteiger partial charge on any atom is -0.0955 e. The minimum atomic E-state index is 1.08. The molecule has 0 saturated heterocycles. The van der Waals surface area contributed by atoms with E-state index in [1.54, 1.807) is 11.8 Å². The van der Waals surface area contributed by atoms with Gasteiger partial charge in [0.15, 0.2) is 0 Å². The molecule has 0 fully saturated rings. The van der Waals surface area contributed by atoms with Gasteiger partial charge in [-0.15, -0.1) is 0 Å². The molecule has 0 aliphatic rings. The van der Waals surface area contributed by atoms with Gasteiger partial charge in [-0.3, -0.25) is 0 Å². The average Bonchev–Trinajstić information content (AvgIpc) is 2.38. The first-order valence-corrected chi connectivity index (χ1v) is 7.49. The van der Waals surface area contributed by atoms with Gasteiger partial charge in [-0.2, -0.15) is 0 Å². The first-order valence-electron chi connectivity index (χ1n) is 6.67. The van der Waals surface area contributed by atoms with Crippen LogP contribution in [0, 0.1) is 6.92 Å². The monoisotopic (exact) mass is 280 g/mol. The van der Waals surface area contributed by atoms with Crippen molar-refractivity contribution >= 4 is 22.9 Å². The maximum atomic E-state index is 4.08. The molecule has 0 N–H and O–H groups in total.